The molecule has 0 amide bonds. The number of rotatable bonds is 6. The topological polar surface area (TPSA) is 149 Å². The summed E-state index contributed by atoms with van der Waals surface area (Å²) in [4.78, 5) is 0. The van der Waals surface area contributed by atoms with Crippen molar-refractivity contribution in [2.75, 3.05) is 13.7 Å². The predicted molar refractivity (Wildman–Crippen MR) is 106 cm³/mol. The highest BCUT2D eigenvalue weighted by molar-refractivity contribution is 5.72. The lowest BCUT2D eigenvalue weighted by atomic mass is 9.99. The highest BCUT2D eigenvalue weighted by Crippen LogP contribution is 2.30. The Morgan fingerprint density at radius 1 is 0.933 bits per heavy atom. The Kier molecular flexibility index (Phi) is 6.80. The summed E-state index contributed by atoms with van der Waals surface area (Å²) in [7, 11) is 1.45. The number of benzene rings is 2. The van der Waals surface area contributed by atoms with E-state index in [1.807, 2.05) is 0 Å². The zero-order chi connectivity index (χ0) is 21.8. The molecule has 1 aliphatic heterocycles. The first kappa shape index (κ1) is 21.9. The summed E-state index contributed by atoms with van der Waals surface area (Å²) in [5.74, 6) is 0.354. The number of hydrogen-bond acceptors (Lipinski definition) is 9. The minimum Gasteiger partial charge on any atom is -0.508 e. The molecular weight excluding hydrogens is 396 g/mol. The van der Waals surface area contributed by atoms with E-state index in [2.05, 4.69) is 0 Å². The summed E-state index contributed by atoms with van der Waals surface area (Å²) in [5.41, 5.74) is 1.23. The molecule has 0 unspecified atom stereocenters. The predicted octanol–water partition coefficient (Wildman–Crippen LogP) is 0.455. The molecule has 1 saturated heterocycles. The van der Waals surface area contributed by atoms with Crippen LogP contribution in [0.4, 0.5) is 0 Å². The van der Waals surface area contributed by atoms with Crippen LogP contribution in [-0.4, -0.2) is 75.1 Å². The molecule has 0 aliphatic carbocycles. The van der Waals surface area contributed by atoms with Gasteiger partial charge in [-0.15, -0.1) is 0 Å². The Balaban J connectivity index is 1.77. The molecule has 0 aromatic heterocycles. The van der Waals surface area contributed by atoms with Crippen molar-refractivity contribution in [3.8, 4) is 23.0 Å². The van der Waals surface area contributed by atoms with Crippen molar-refractivity contribution < 1.29 is 44.8 Å². The Morgan fingerprint density at radius 2 is 1.67 bits per heavy atom. The molecule has 3 rings (SSSR count). The van der Waals surface area contributed by atoms with Gasteiger partial charge in [-0.25, -0.2) is 0 Å². The van der Waals surface area contributed by atoms with Gasteiger partial charge in [0.2, 0.25) is 6.29 Å². The monoisotopic (exact) mass is 420 g/mol. The van der Waals surface area contributed by atoms with Crippen molar-refractivity contribution in [1.82, 2.24) is 0 Å². The number of aliphatic hydroxyl groups excluding tert-OH is 4. The summed E-state index contributed by atoms with van der Waals surface area (Å²) in [6.45, 7) is -0.576. The molecule has 2 aromatic rings. The van der Waals surface area contributed by atoms with E-state index in [-0.39, 0.29) is 17.2 Å². The number of aliphatic hydroxyl groups is 4. The second kappa shape index (κ2) is 9.33. The van der Waals surface area contributed by atoms with E-state index >= 15 is 0 Å². The molecule has 9 heteroatoms. The van der Waals surface area contributed by atoms with Gasteiger partial charge in [-0.3, -0.25) is 0 Å². The van der Waals surface area contributed by atoms with Crippen LogP contribution in [0.25, 0.3) is 12.2 Å². The number of phenolic OH excluding ortho intramolecular Hbond substituents is 2. The second-order valence-corrected chi connectivity index (χ2v) is 6.84. The minimum atomic E-state index is -1.57. The highest BCUT2D eigenvalue weighted by atomic mass is 16.7. The van der Waals surface area contributed by atoms with Crippen molar-refractivity contribution in [2.24, 2.45) is 0 Å². The Labute approximate surface area is 172 Å². The molecular formula is C21H24O9. The normalized spacial score (nSPS) is 26.6. The van der Waals surface area contributed by atoms with Gasteiger partial charge < -0.3 is 44.8 Å². The van der Waals surface area contributed by atoms with Crippen molar-refractivity contribution in [3.63, 3.8) is 0 Å². The first-order valence-electron chi connectivity index (χ1n) is 9.18. The first-order chi connectivity index (χ1) is 14.3. The quantitative estimate of drug-likeness (QED) is 0.366. The summed E-state index contributed by atoms with van der Waals surface area (Å²) < 4.78 is 15.8. The number of hydrogen-bond donors (Lipinski definition) is 6. The number of aromatic hydroxyl groups is 2. The molecule has 0 spiro atoms. The first-order valence-corrected chi connectivity index (χ1v) is 9.18. The van der Waals surface area contributed by atoms with Gasteiger partial charge in [0, 0.05) is 6.07 Å². The largest absolute Gasteiger partial charge is 0.508 e. The fourth-order valence-corrected chi connectivity index (χ4v) is 3.07. The number of methoxy groups -OCH3 is 1. The average molecular weight is 420 g/mol. The number of phenols is 2. The Morgan fingerprint density at radius 3 is 2.33 bits per heavy atom. The van der Waals surface area contributed by atoms with E-state index in [9.17, 15) is 30.6 Å². The summed E-state index contributed by atoms with van der Waals surface area (Å²) in [6.07, 6.45) is -3.72. The number of ether oxygens (including phenoxy) is 3. The Hall–Kier alpha value is -2.82. The lowest BCUT2D eigenvalue weighted by Gasteiger charge is -2.39. The molecule has 0 radical (unpaired) electrons. The fourth-order valence-electron chi connectivity index (χ4n) is 3.07. The van der Waals surface area contributed by atoms with Crippen LogP contribution in [0, 0.1) is 0 Å². The van der Waals surface area contributed by atoms with E-state index in [0.29, 0.717) is 16.9 Å². The Bertz CT molecular complexity index is 896. The maximum Gasteiger partial charge on any atom is 0.229 e. The maximum atomic E-state index is 10.1. The van der Waals surface area contributed by atoms with Crippen molar-refractivity contribution >= 4 is 12.2 Å². The summed E-state index contributed by atoms with van der Waals surface area (Å²) in [5, 5.41) is 58.9. The van der Waals surface area contributed by atoms with Crippen LogP contribution in [0.2, 0.25) is 0 Å². The van der Waals surface area contributed by atoms with Gasteiger partial charge in [0.25, 0.3) is 0 Å². The molecule has 1 fully saturated rings. The SMILES string of the molecule is COc1ccc(/C=C\c2cc(O)cc(O[C@@H]3O[C@@H](CO)[C@@H](O)[C@@H](O)[C@H]3O)c2)cc1O. The van der Waals surface area contributed by atoms with E-state index in [0.717, 1.165) is 0 Å². The van der Waals surface area contributed by atoms with Crippen LogP contribution in [0.1, 0.15) is 11.1 Å². The van der Waals surface area contributed by atoms with E-state index in [1.165, 1.54) is 25.3 Å². The van der Waals surface area contributed by atoms with Crippen LogP contribution in [-0.2, 0) is 4.74 Å². The molecule has 6 N–H and O–H groups in total. The second-order valence-electron chi connectivity index (χ2n) is 6.84. The third kappa shape index (κ3) is 4.84. The van der Waals surface area contributed by atoms with E-state index in [1.54, 1.807) is 30.4 Å². The maximum absolute atomic E-state index is 10.1. The smallest absolute Gasteiger partial charge is 0.229 e. The van der Waals surface area contributed by atoms with E-state index < -0.39 is 37.3 Å². The molecule has 0 saturated carbocycles. The van der Waals surface area contributed by atoms with Gasteiger partial charge in [0.05, 0.1) is 13.7 Å². The zero-order valence-corrected chi connectivity index (χ0v) is 16.1. The van der Waals surface area contributed by atoms with Crippen molar-refractivity contribution in [2.45, 2.75) is 30.7 Å². The van der Waals surface area contributed by atoms with Crippen LogP contribution in [0.3, 0.4) is 0 Å². The molecule has 0 bridgehead atoms. The fraction of sp³-hybridized carbons (Fsp3) is 0.333. The third-order valence-electron chi connectivity index (χ3n) is 4.69. The molecule has 1 aliphatic rings. The van der Waals surface area contributed by atoms with Crippen molar-refractivity contribution in [1.29, 1.82) is 0 Å². The van der Waals surface area contributed by atoms with Gasteiger partial charge in [-0.2, -0.15) is 0 Å². The van der Waals surface area contributed by atoms with Crippen LogP contribution < -0.4 is 9.47 Å². The summed E-state index contributed by atoms with van der Waals surface area (Å²) >= 11 is 0. The van der Waals surface area contributed by atoms with Crippen LogP contribution >= 0.6 is 0 Å². The minimum absolute atomic E-state index is 0.0119. The van der Waals surface area contributed by atoms with Gasteiger partial charge in [0.15, 0.2) is 11.5 Å². The molecule has 162 valence electrons. The van der Waals surface area contributed by atoms with E-state index in [4.69, 9.17) is 14.2 Å². The third-order valence-corrected chi connectivity index (χ3v) is 4.69. The molecule has 2 aromatic carbocycles. The highest BCUT2D eigenvalue weighted by Gasteiger charge is 2.44. The van der Waals surface area contributed by atoms with Gasteiger partial charge in [-0.05, 0) is 35.4 Å². The van der Waals surface area contributed by atoms with Crippen LogP contribution in [0.15, 0.2) is 36.4 Å². The summed E-state index contributed by atoms with van der Waals surface area (Å²) in [6, 6.07) is 9.19. The van der Waals surface area contributed by atoms with Gasteiger partial charge in [0.1, 0.15) is 35.9 Å². The lowest BCUT2D eigenvalue weighted by molar-refractivity contribution is -0.277. The van der Waals surface area contributed by atoms with Gasteiger partial charge >= 0.3 is 0 Å². The molecule has 30 heavy (non-hydrogen) atoms. The zero-order valence-electron chi connectivity index (χ0n) is 16.1. The standard InChI is InChI=1S/C21H24O9/c1-28-16-5-4-11(8-15(16)24)2-3-12-6-13(23)9-14(7-12)29-21-20(27)19(26)18(25)17(10-22)30-21/h2-9,17-27H,10H2,1H3/b3-2-/t17-,18+,19+,20+,21+/m0/s1. The molecule has 1 heterocycles. The molecule has 5 atom stereocenters. The van der Waals surface area contributed by atoms with Crippen molar-refractivity contribution in [3.05, 3.63) is 47.5 Å². The lowest BCUT2D eigenvalue weighted by Crippen LogP contribution is -2.60. The average Bonchev–Trinajstić information content (AvgIpc) is 2.72. The van der Waals surface area contributed by atoms with Crippen LogP contribution in [0.5, 0.6) is 23.0 Å². The van der Waals surface area contributed by atoms with Gasteiger partial charge in [-0.1, -0.05) is 18.2 Å². The molecule has 9 nitrogen and oxygen atoms in total.